The van der Waals surface area contributed by atoms with Crippen LogP contribution < -0.4 is 5.73 Å². The molecule has 0 aliphatic heterocycles. The highest BCUT2D eigenvalue weighted by Gasteiger charge is 2.17. The zero-order valence-corrected chi connectivity index (χ0v) is 13.1. The van der Waals surface area contributed by atoms with Crippen molar-refractivity contribution in [3.8, 4) is 0 Å². The molecule has 0 aliphatic carbocycles. The molecule has 118 valence electrons. The lowest BCUT2D eigenvalue weighted by Crippen LogP contribution is -2.41. The maximum atomic E-state index is 12.1. The van der Waals surface area contributed by atoms with Crippen LogP contribution in [0.2, 0.25) is 0 Å². The number of carbonyl (C=O) groups is 2. The molecular formula is C14H29N3O3. The standard InChI is InChI=1S/C14H29N3O3/c1-16(2)14(19)12-17(10-11-20-3)13(18)8-6-4-5-7-9-15/h4-12,15H2,1-3H3. The van der Waals surface area contributed by atoms with Gasteiger partial charge in [-0.3, -0.25) is 9.59 Å². The van der Waals surface area contributed by atoms with Crippen molar-refractivity contribution in [1.82, 2.24) is 9.80 Å². The van der Waals surface area contributed by atoms with Gasteiger partial charge in [0.25, 0.3) is 0 Å². The third-order valence-corrected chi connectivity index (χ3v) is 3.09. The molecular weight excluding hydrogens is 258 g/mol. The number of unbranched alkanes of at least 4 members (excludes halogenated alkanes) is 3. The molecule has 0 fully saturated rings. The lowest BCUT2D eigenvalue weighted by Gasteiger charge is -2.23. The van der Waals surface area contributed by atoms with E-state index >= 15 is 0 Å². The van der Waals surface area contributed by atoms with Gasteiger partial charge in [-0.15, -0.1) is 0 Å². The van der Waals surface area contributed by atoms with Gasteiger partial charge in [0.05, 0.1) is 13.2 Å². The maximum absolute atomic E-state index is 12.1. The summed E-state index contributed by atoms with van der Waals surface area (Å²) in [7, 11) is 4.96. The van der Waals surface area contributed by atoms with Crippen LogP contribution in [0.25, 0.3) is 0 Å². The van der Waals surface area contributed by atoms with E-state index in [1.807, 2.05) is 0 Å². The number of ether oxygens (including phenoxy) is 1. The van der Waals surface area contributed by atoms with E-state index in [2.05, 4.69) is 0 Å². The first-order valence-electron chi connectivity index (χ1n) is 7.19. The van der Waals surface area contributed by atoms with Gasteiger partial charge in [-0.25, -0.2) is 0 Å². The Morgan fingerprint density at radius 1 is 1.05 bits per heavy atom. The lowest BCUT2D eigenvalue weighted by molar-refractivity contribution is -0.139. The summed E-state index contributed by atoms with van der Waals surface area (Å²) in [5, 5.41) is 0. The number of likely N-dealkylation sites (N-methyl/N-ethyl adjacent to an activating group) is 1. The molecule has 0 bridgehead atoms. The van der Waals surface area contributed by atoms with Crippen LogP contribution in [0.5, 0.6) is 0 Å². The number of nitrogens with two attached hydrogens (primary N) is 1. The average molecular weight is 287 g/mol. The predicted molar refractivity (Wildman–Crippen MR) is 79.3 cm³/mol. The molecule has 0 aliphatic rings. The van der Waals surface area contributed by atoms with E-state index in [1.54, 1.807) is 26.1 Å². The summed E-state index contributed by atoms with van der Waals surface area (Å²) < 4.78 is 4.99. The van der Waals surface area contributed by atoms with Gasteiger partial charge in [0.2, 0.25) is 11.8 Å². The molecule has 0 unspecified atom stereocenters. The summed E-state index contributed by atoms with van der Waals surface area (Å²) in [6.45, 7) is 1.72. The summed E-state index contributed by atoms with van der Waals surface area (Å²) in [5.74, 6) is -0.0532. The van der Waals surface area contributed by atoms with Crippen LogP contribution >= 0.6 is 0 Å². The highest BCUT2D eigenvalue weighted by atomic mass is 16.5. The Labute approximate surface area is 122 Å². The fourth-order valence-corrected chi connectivity index (χ4v) is 1.73. The molecule has 2 N–H and O–H groups in total. The minimum atomic E-state index is -0.0717. The second-order valence-corrected chi connectivity index (χ2v) is 5.05. The van der Waals surface area contributed by atoms with E-state index in [0.717, 1.165) is 25.7 Å². The molecule has 0 aromatic rings. The summed E-state index contributed by atoms with van der Waals surface area (Å²) in [5.41, 5.74) is 5.43. The molecule has 0 rings (SSSR count). The third kappa shape index (κ3) is 8.87. The predicted octanol–water partition coefficient (Wildman–Crippen LogP) is 0.459. The van der Waals surface area contributed by atoms with Crippen LogP contribution in [0.3, 0.4) is 0 Å². The maximum Gasteiger partial charge on any atom is 0.241 e. The minimum absolute atomic E-state index is 0.0185. The van der Waals surface area contributed by atoms with Crippen LogP contribution in [0.1, 0.15) is 32.1 Å². The molecule has 0 spiro atoms. The average Bonchev–Trinajstić information content (AvgIpc) is 2.42. The first-order valence-corrected chi connectivity index (χ1v) is 7.19. The third-order valence-electron chi connectivity index (χ3n) is 3.09. The van der Waals surface area contributed by atoms with Crippen molar-refractivity contribution in [3.63, 3.8) is 0 Å². The van der Waals surface area contributed by atoms with Crippen molar-refractivity contribution in [2.45, 2.75) is 32.1 Å². The van der Waals surface area contributed by atoms with E-state index < -0.39 is 0 Å². The van der Waals surface area contributed by atoms with E-state index in [4.69, 9.17) is 10.5 Å². The molecule has 2 amide bonds. The smallest absolute Gasteiger partial charge is 0.241 e. The van der Waals surface area contributed by atoms with Crippen molar-refractivity contribution >= 4 is 11.8 Å². The summed E-state index contributed by atoms with van der Waals surface area (Å²) in [6.07, 6.45) is 4.38. The van der Waals surface area contributed by atoms with Crippen LogP contribution in [-0.2, 0) is 14.3 Å². The highest BCUT2D eigenvalue weighted by Crippen LogP contribution is 2.05. The second kappa shape index (κ2) is 11.7. The van der Waals surface area contributed by atoms with Gasteiger partial charge < -0.3 is 20.3 Å². The summed E-state index contributed by atoms with van der Waals surface area (Å²) >= 11 is 0. The number of nitrogens with zero attached hydrogens (tertiary/aromatic N) is 2. The van der Waals surface area contributed by atoms with Crippen molar-refractivity contribution in [3.05, 3.63) is 0 Å². The lowest BCUT2D eigenvalue weighted by atomic mass is 10.1. The fraction of sp³-hybridized carbons (Fsp3) is 0.857. The van der Waals surface area contributed by atoms with Gasteiger partial charge >= 0.3 is 0 Å². The zero-order chi connectivity index (χ0) is 15.4. The first-order chi connectivity index (χ1) is 9.52. The number of hydrogen-bond acceptors (Lipinski definition) is 4. The molecule has 0 radical (unpaired) electrons. The summed E-state index contributed by atoms with van der Waals surface area (Å²) in [4.78, 5) is 26.9. The molecule has 6 nitrogen and oxygen atoms in total. The zero-order valence-electron chi connectivity index (χ0n) is 13.1. The Balaban J connectivity index is 4.16. The SMILES string of the molecule is COCCN(CC(=O)N(C)C)C(=O)CCCCCCN. The van der Waals surface area contributed by atoms with Gasteiger partial charge in [-0.2, -0.15) is 0 Å². The van der Waals surface area contributed by atoms with Crippen molar-refractivity contribution in [2.75, 3.05) is 47.4 Å². The Morgan fingerprint density at radius 2 is 1.70 bits per heavy atom. The molecule has 0 aromatic heterocycles. The molecule has 0 atom stereocenters. The summed E-state index contributed by atoms with van der Waals surface area (Å²) in [6, 6.07) is 0. The number of hydrogen-bond donors (Lipinski definition) is 1. The van der Waals surface area contributed by atoms with E-state index in [-0.39, 0.29) is 18.4 Å². The highest BCUT2D eigenvalue weighted by molar-refractivity contribution is 5.84. The number of methoxy groups -OCH3 is 1. The minimum Gasteiger partial charge on any atom is -0.383 e. The fourth-order valence-electron chi connectivity index (χ4n) is 1.73. The Morgan fingerprint density at radius 3 is 2.25 bits per heavy atom. The molecule has 0 saturated carbocycles. The molecule has 0 heterocycles. The first kappa shape index (κ1) is 18.9. The topological polar surface area (TPSA) is 75.9 Å². The number of amides is 2. The van der Waals surface area contributed by atoms with E-state index in [1.165, 1.54) is 4.90 Å². The quantitative estimate of drug-likeness (QED) is 0.560. The Hall–Kier alpha value is -1.14. The van der Waals surface area contributed by atoms with E-state index in [9.17, 15) is 9.59 Å². The van der Waals surface area contributed by atoms with Gasteiger partial charge in [0, 0.05) is 34.2 Å². The van der Waals surface area contributed by atoms with Crippen LogP contribution in [-0.4, -0.2) is 69.1 Å². The van der Waals surface area contributed by atoms with Crippen LogP contribution in [0.15, 0.2) is 0 Å². The van der Waals surface area contributed by atoms with E-state index in [0.29, 0.717) is 26.1 Å². The molecule has 20 heavy (non-hydrogen) atoms. The normalized spacial score (nSPS) is 10.4. The van der Waals surface area contributed by atoms with Crippen LogP contribution in [0.4, 0.5) is 0 Å². The van der Waals surface area contributed by atoms with Crippen molar-refractivity contribution in [2.24, 2.45) is 5.73 Å². The second-order valence-electron chi connectivity index (χ2n) is 5.05. The van der Waals surface area contributed by atoms with Crippen molar-refractivity contribution < 1.29 is 14.3 Å². The van der Waals surface area contributed by atoms with Gasteiger partial charge in [-0.05, 0) is 19.4 Å². The largest absolute Gasteiger partial charge is 0.383 e. The molecule has 0 saturated heterocycles. The van der Waals surface area contributed by atoms with Gasteiger partial charge in [0.15, 0.2) is 0 Å². The van der Waals surface area contributed by atoms with Gasteiger partial charge in [-0.1, -0.05) is 12.8 Å². The Bertz CT molecular complexity index is 283. The monoisotopic (exact) mass is 287 g/mol. The Kier molecular flexibility index (Phi) is 11.0. The van der Waals surface area contributed by atoms with Crippen molar-refractivity contribution in [1.29, 1.82) is 0 Å². The number of carbonyl (C=O) groups excluding carboxylic acids is 2. The molecule has 6 heteroatoms. The van der Waals surface area contributed by atoms with Gasteiger partial charge in [0.1, 0.15) is 0 Å². The molecule has 0 aromatic carbocycles. The van der Waals surface area contributed by atoms with Crippen LogP contribution in [0, 0.1) is 0 Å². The number of rotatable bonds is 11.